The van der Waals surface area contributed by atoms with Crippen LogP contribution in [-0.2, 0) is 10.1 Å². The zero-order valence-electron chi connectivity index (χ0n) is 6.71. The van der Waals surface area contributed by atoms with E-state index in [2.05, 4.69) is 4.89 Å². The van der Waals surface area contributed by atoms with E-state index in [0.29, 0.717) is 6.42 Å². The maximum atomic E-state index is 10.4. The Bertz CT molecular complexity index is 102. The number of rotatable bonds is 3. The summed E-state index contributed by atoms with van der Waals surface area (Å²) in [6.07, 6.45) is 5.44. The maximum absolute atomic E-state index is 10.4. The van der Waals surface area contributed by atoms with Crippen molar-refractivity contribution in [2.24, 2.45) is 0 Å². The highest BCUT2D eigenvalue weighted by atomic mass is 17.1. The lowest BCUT2D eigenvalue weighted by Crippen LogP contribution is -2.34. The Morgan fingerprint density at radius 2 is 1.91 bits per heavy atom. The SMILES string of the molecule is [O]OC1(CCO)CCCCC1. The third kappa shape index (κ3) is 2.15. The van der Waals surface area contributed by atoms with Crippen LogP contribution in [0.4, 0.5) is 0 Å². The Morgan fingerprint density at radius 1 is 1.27 bits per heavy atom. The zero-order chi connectivity index (χ0) is 8.16. The first kappa shape index (κ1) is 8.97. The highest BCUT2D eigenvalue weighted by Crippen LogP contribution is 2.33. The molecule has 65 valence electrons. The molecule has 0 aromatic carbocycles. The minimum atomic E-state index is -0.535. The zero-order valence-corrected chi connectivity index (χ0v) is 6.71. The summed E-state index contributed by atoms with van der Waals surface area (Å²) in [6, 6.07) is 0. The lowest BCUT2D eigenvalue weighted by atomic mass is 9.83. The molecule has 0 aromatic heterocycles. The van der Waals surface area contributed by atoms with Crippen LogP contribution in [0.25, 0.3) is 0 Å². The molecule has 1 N–H and O–H groups in total. The van der Waals surface area contributed by atoms with E-state index < -0.39 is 5.60 Å². The molecule has 1 fully saturated rings. The Morgan fingerprint density at radius 3 is 2.36 bits per heavy atom. The van der Waals surface area contributed by atoms with Crippen LogP contribution in [0.15, 0.2) is 0 Å². The predicted octanol–water partition coefficient (Wildman–Crippen LogP) is 1.43. The standard InChI is InChI=1S/C8H15O3/c9-7-6-8(11-10)4-2-1-3-5-8/h9H,1-7H2. The first-order valence-electron chi connectivity index (χ1n) is 4.25. The average Bonchev–Trinajstić information content (AvgIpc) is 2.07. The molecule has 0 spiro atoms. The van der Waals surface area contributed by atoms with Gasteiger partial charge in [0.2, 0.25) is 0 Å². The summed E-state index contributed by atoms with van der Waals surface area (Å²) in [5.74, 6) is 0. The van der Waals surface area contributed by atoms with E-state index in [9.17, 15) is 5.26 Å². The molecule has 0 unspecified atom stereocenters. The molecule has 0 saturated heterocycles. The molecule has 0 aromatic rings. The van der Waals surface area contributed by atoms with E-state index in [1.54, 1.807) is 0 Å². The van der Waals surface area contributed by atoms with Gasteiger partial charge in [-0.1, -0.05) is 19.3 Å². The summed E-state index contributed by atoms with van der Waals surface area (Å²) in [5.41, 5.74) is -0.535. The van der Waals surface area contributed by atoms with Crippen LogP contribution < -0.4 is 0 Å². The largest absolute Gasteiger partial charge is 0.396 e. The lowest BCUT2D eigenvalue weighted by molar-refractivity contribution is -0.382. The van der Waals surface area contributed by atoms with Gasteiger partial charge in [-0.2, -0.15) is 4.89 Å². The van der Waals surface area contributed by atoms with Gasteiger partial charge in [0.05, 0.1) is 0 Å². The molecular weight excluding hydrogens is 144 g/mol. The molecule has 1 rings (SSSR count). The second-order valence-corrected chi connectivity index (χ2v) is 3.30. The van der Waals surface area contributed by atoms with Crippen molar-refractivity contribution in [3.05, 3.63) is 0 Å². The second-order valence-electron chi connectivity index (χ2n) is 3.30. The highest BCUT2D eigenvalue weighted by molar-refractivity contribution is 4.82. The van der Waals surface area contributed by atoms with E-state index >= 15 is 0 Å². The second kappa shape index (κ2) is 4.04. The van der Waals surface area contributed by atoms with Crippen molar-refractivity contribution in [3.63, 3.8) is 0 Å². The Hall–Kier alpha value is -0.120. The molecule has 0 aliphatic heterocycles. The summed E-state index contributed by atoms with van der Waals surface area (Å²) in [4.78, 5) is 4.21. The minimum Gasteiger partial charge on any atom is -0.396 e. The molecule has 0 heterocycles. The summed E-state index contributed by atoms with van der Waals surface area (Å²) in [7, 11) is 0. The Balaban J connectivity index is 2.42. The number of hydrogen-bond acceptors (Lipinski definition) is 2. The molecule has 1 radical (unpaired) electrons. The van der Waals surface area contributed by atoms with E-state index in [-0.39, 0.29) is 6.61 Å². The number of aliphatic hydroxyl groups excluding tert-OH is 1. The van der Waals surface area contributed by atoms with Gasteiger partial charge in [0, 0.05) is 13.0 Å². The summed E-state index contributed by atoms with van der Waals surface area (Å²) in [5, 5.41) is 19.1. The molecule has 11 heavy (non-hydrogen) atoms. The maximum Gasteiger partial charge on any atom is 0.109 e. The molecule has 0 atom stereocenters. The van der Waals surface area contributed by atoms with Gasteiger partial charge >= 0.3 is 0 Å². The summed E-state index contributed by atoms with van der Waals surface area (Å²) in [6.45, 7) is 0.0578. The molecule has 1 aliphatic carbocycles. The number of aliphatic hydroxyl groups is 1. The van der Waals surface area contributed by atoms with Gasteiger partial charge in [0.1, 0.15) is 5.60 Å². The van der Waals surface area contributed by atoms with Gasteiger partial charge in [0.25, 0.3) is 0 Å². The van der Waals surface area contributed by atoms with Gasteiger partial charge in [0.15, 0.2) is 0 Å². The monoisotopic (exact) mass is 159 g/mol. The van der Waals surface area contributed by atoms with Crippen LogP contribution in [0.2, 0.25) is 0 Å². The van der Waals surface area contributed by atoms with E-state index in [1.165, 1.54) is 6.42 Å². The fourth-order valence-electron chi connectivity index (χ4n) is 1.77. The van der Waals surface area contributed by atoms with Crippen molar-refractivity contribution >= 4 is 0 Å². The Kier molecular flexibility index (Phi) is 3.30. The van der Waals surface area contributed by atoms with Crippen LogP contribution in [0.1, 0.15) is 38.5 Å². The van der Waals surface area contributed by atoms with Gasteiger partial charge in [-0.15, -0.1) is 0 Å². The topological polar surface area (TPSA) is 49.4 Å². The van der Waals surface area contributed by atoms with Gasteiger partial charge in [-0.25, -0.2) is 0 Å². The summed E-state index contributed by atoms with van der Waals surface area (Å²) >= 11 is 0. The van der Waals surface area contributed by atoms with Crippen LogP contribution in [0.5, 0.6) is 0 Å². The first-order chi connectivity index (χ1) is 5.33. The normalized spacial score (nSPS) is 23.5. The van der Waals surface area contributed by atoms with Crippen molar-refractivity contribution in [1.29, 1.82) is 0 Å². The van der Waals surface area contributed by atoms with E-state index in [0.717, 1.165) is 25.7 Å². The molecule has 3 nitrogen and oxygen atoms in total. The van der Waals surface area contributed by atoms with E-state index in [4.69, 9.17) is 5.11 Å². The molecule has 1 saturated carbocycles. The minimum absolute atomic E-state index is 0.0578. The molecule has 0 bridgehead atoms. The predicted molar refractivity (Wildman–Crippen MR) is 39.3 cm³/mol. The lowest BCUT2D eigenvalue weighted by Gasteiger charge is -2.32. The fraction of sp³-hybridized carbons (Fsp3) is 1.00. The van der Waals surface area contributed by atoms with Crippen molar-refractivity contribution in [2.75, 3.05) is 6.61 Å². The van der Waals surface area contributed by atoms with Crippen molar-refractivity contribution in [3.8, 4) is 0 Å². The molecular formula is C8H15O3. The smallest absolute Gasteiger partial charge is 0.109 e. The first-order valence-corrected chi connectivity index (χ1v) is 4.25. The van der Waals surface area contributed by atoms with Crippen LogP contribution >= 0.6 is 0 Å². The fourth-order valence-corrected chi connectivity index (χ4v) is 1.77. The van der Waals surface area contributed by atoms with Gasteiger partial charge in [-0.05, 0) is 18.1 Å². The van der Waals surface area contributed by atoms with Crippen molar-refractivity contribution < 1.29 is 15.3 Å². The molecule has 1 aliphatic rings. The Labute approximate surface area is 66.9 Å². The van der Waals surface area contributed by atoms with Gasteiger partial charge in [-0.3, -0.25) is 0 Å². The van der Waals surface area contributed by atoms with Crippen molar-refractivity contribution in [1.82, 2.24) is 0 Å². The van der Waals surface area contributed by atoms with Gasteiger partial charge < -0.3 is 5.11 Å². The quantitative estimate of drug-likeness (QED) is 0.500. The molecule has 3 heteroatoms. The average molecular weight is 159 g/mol. The van der Waals surface area contributed by atoms with Crippen molar-refractivity contribution in [2.45, 2.75) is 44.1 Å². The number of hydrogen-bond donors (Lipinski definition) is 1. The van der Waals surface area contributed by atoms with Crippen LogP contribution in [0, 0.1) is 0 Å². The summed E-state index contributed by atoms with van der Waals surface area (Å²) < 4.78 is 0. The van der Waals surface area contributed by atoms with Crippen LogP contribution in [0.3, 0.4) is 0 Å². The highest BCUT2D eigenvalue weighted by Gasteiger charge is 2.33. The third-order valence-corrected chi connectivity index (χ3v) is 2.51. The molecule has 0 amide bonds. The van der Waals surface area contributed by atoms with Crippen LogP contribution in [-0.4, -0.2) is 17.3 Å². The van der Waals surface area contributed by atoms with E-state index in [1.807, 2.05) is 0 Å². The third-order valence-electron chi connectivity index (χ3n) is 2.51.